The van der Waals surface area contributed by atoms with Crippen molar-refractivity contribution in [1.29, 1.82) is 0 Å². The molecule has 2 N–H and O–H groups in total. The van der Waals surface area contributed by atoms with Gasteiger partial charge in [-0.15, -0.1) is 0 Å². The third kappa shape index (κ3) is 1.72. The Labute approximate surface area is 94.7 Å². The van der Waals surface area contributed by atoms with E-state index in [1.165, 1.54) is 5.01 Å². The Kier molecular flexibility index (Phi) is 2.75. The van der Waals surface area contributed by atoms with Crippen LogP contribution < -0.4 is 10.7 Å². The van der Waals surface area contributed by atoms with Crippen LogP contribution in [0.2, 0.25) is 0 Å². The van der Waals surface area contributed by atoms with Crippen LogP contribution in [0.5, 0.6) is 0 Å². The molecule has 0 aliphatic carbocycles. The Balaban J connectivity index is 2.34. The number of hydrogen-bond acceptors (Lipinski definition) is 3. The first-order chi connectivity index (χ1) is 7.63. The molecule has 0 bridgehead atoms. The summed E-state index contributed by atoms with van der Waals surface area (Å²) in [6, 6.07) is 7.72. The van der Waals surface area contributed by atoms with Gasteiger partial charge in [0.05, 0.1) is 11.6 Å². The first-order valence-corrected chi connectivity index (χ1v) is 5.29. The molecule has 4 nitrogen and oxygen atoms in total. The SMILES string of the molecule is CC1=NN(c2cccc(C)c2)C(=O)C1CN. The van der Waals surface area contributed by atoms with Crippen molar-refractivity contribution in [1.82, 2.24) is 0 Å². The van der Waals surface area contributed by atoms with Crippen LogP contribution in [-0.2, 0) is 4.79 Å². The van der Waals surface area contributed by atoms with E-state index in [1.54, 1.807) is 0 Å². The largest absolute Gasteiger partial charge is 0.329 e. The van der Waals surface area contributed by atoms with Gasteiger partial charge in [-0.1, -0.05) is 12.1 Å². The van der Waals surface area contributed by atoms with E-state index in [1.807, 2.05) is 38.1 Å². The zero-order valence-electron chi connectivity index (χ0n) is 9.47. The van der Waals surface area contributed by atoms with Crippen molar-refractivity contribution in [3.8, 4) is 0 Å². The molecule has 4 heteroatoms. The second-order valence-electron chi connectivity index (χ2n) is 4.02. The molecule has 1 aliphatic rings. The summed E-state index contributed by atoms with van der Waals surface area (Å²) in [4.78, 5) is 12.0. The van der Waals surface area contributed by atoms with Crippen molar-refractivity contribution in [3.63, 3.8) is 0 Å². The van der Waals surface area contributed by atoms with Crippen molar-refractivity contribution in [2.75, 3.05) is 11.6 Å². The lowest BCUT2D eigenvalue weighted by atomic mass is 10.1. The van der Waals surface area contributed by atoms with Crippen molar-refractivity contribution < 1.29 is 4.79 Å². The summed E-state index contributed by atoms with van der Waals surface area (Å²) in [6.45, 7) is 4.14. The second-order valence-corrected chi connectivity index (χ2v) is 4.02. The van der Waals surface area contributed by atoms with Crippen LogP contribution in [0.3, 0.4) is 0 Å². The van der Waals surface area contributed by atoms with Gasteiger partial charge in [0.2, 0.25) is 0 Å². The third-order valence-electron chi connectivity index (χ3n) is 2.75. The molecule has 1 aromatic rings. The maximum Gasteiger partial charge on any atom is 0.257 e. The molecule has 1 atom stereocenters. The number of hydrazone groups is 1. The van der Waals surface area contributed by atoms with Gasteiger partial charge in [-0.05, 0) is 31.5 Å². The molecule has 84 valence electrons. The number of rotatable bonds is 2. The number of benzene rings is 1. The van der Waals surface area contributed by atoms with E-state index in [0.717, 1.165) is 17.0 Å². The average Bonchev–Trinajstić information content (AvgIpc) is 2.54. The molecule has 1 heterocycles. The Hall–Kier alpha value is -1.68. The van der Waals surface area contributed by atoms with Gasteiger partial charge in [-0.25, -0.2) is 5.01 Å². The number of nitrogens with zero attached hydrogens (tertiary/aromatic N) is 2. The molecule has 0 saturated carbocycles. The third-order valence-corrected chi connectivity index (χ3v) is 2.75. The van der Waals surface area contributed by atoms with E-state index >= 15 is 0 Å². The van der Waals surface area contributed by atoms with Crippen molar-refractivity contribution in [3.05, 3.63) is 29.8 Å². The summed E-state index contributed by atoms with van der Waals surface area (Å²) < 4.78 is 0. The van der Waals surface area contributed by atoms with E-state index in [2.05, 4.69) is 5.10 Å². The van der Waals surface area contributed by atoms with Crippen LogP contribution in [0.4, 0.5) is 5.69 Å². The van der Waals surface area contributed by atoms with Crippen LogP contribution >= 0.6 is 0 Å². The van der Waals surface area contributed by atoms with Crippen LogP contribution in [-0.4, -0.2) is 18.2 Å². The zero-order chi connectivity index (χ0) is 11.7. The quantitative estimate of drug-likeness (QED) is 0.811. The fraction of sp³-hybridized carbons (Fsp3) is 0.333. The molecule has 0 saturated heterocycles. The van der Waals surface area contributed by atoms with Gasteiger partial charge in [0.25, 0.3) is 5.91 Å². The zero-order valence-corrected chi connectivity index (χ0v) is 9.47. The molecule has 1 amide bonds. The Morgan fingerprint density at radius 2 is 2.19 bits per heavy atom. The van der Waals surface area contributed by atoms with Crippen LogP contribution in [0.25, 0.3) is 0 Å². The van der Waals surface area contributed by atoms with Gasteiger partial charge in [0, 0.05) is 12.3 Å². The predicted molar refractivity (Wildman–Crippen MR) is 64.3 cm³/mol. The number of aryl methyl sites for hydroxylation is 1. The Bertz CT molecular complexity index is 453. The molecular weight excluding hydrogens is 202 g/mol. The molecule has 1 unspecified atom stereocenters. The molecule has 0 aromatic heterocycles. The normalized spacial score (nSPS) is 20.2. The van der Waals surface area contributed by atoms with Crippen LogP contribution in [0, 0.1) is 12.8 Å². The first-order valence-electron chi connectivity index (χ1n) is 5.29. The first kappa shape index (κ1) is 10.8. The number of nitrogens with two attached hydrogens (primary N) is 1. The molecule has 16 heavy (non-hydrogen) atoms. The summed E-state index contributed by atoms with van der Waals surface area (Å²) in [6.07, 6.45) is 0. The highest BCUT2D eigenvalue weighted by atomic mass is 16.2. The minimum atomic E-state index is -0.263. The molecule has 1 aromatic carbocycles. The lowest BCUT2D eigenvalue weighted by molar-refractivity contribution is -0.119. The highest BCUT2D eigenvalue weighted by Crippen LogP contribution is 2.23. The van der Waals surface area contributed by atoms with E-state index < -0.39 is 0 Å². The summed E-state index contributed by atoms with van der Waals surface area (Å²) in [7, 11) is 0. The number of anilines is 1. The summed E-state index contributed by atoms with van der Waals surface area (Å²) in [5.74, 6) is -0.300. The van der Waals surface area contributed by atoms with Gasteiger partial charge in [0.1, 0.15) is 0 Å². The standard InChI is InChI=1S/C12H15N3O/c1-8-4-3-5-10(6-8)15-12(16)11(7-13)9(2)14-15/h3-6,11H,7,13H2,1-2H3. The summed E-state index contributed by atoms with van der Waals surface area (Å²) >= 11 is 0. The topological polar surface area (TPSA) is 58.7 Å². The van der Waals surface area contributed by atoms with Gasteiger partial charge < -0.3 is 5.73 Å². The molecular formula is C12H15N3O. The van der Waals surface area contributed by atoms with E-state index in [9.17, 15) is 4.79 Å². The van der Waals surface area contributed by atoms with Gasteiger partial charge >= 0.3 is 0 Å². The summed E-state index contributed by atoms with van der Waals surface area (Å²) in [5, 5.41) is 5.70. The fourth-order valence-electron chi connectivity index (χ4n) is 1.82. The number of amides is 1. The predicted octanol–water partition coefficient (Wildman–Crippen LogP) is 1.29. The average molecular weight is 217 g/mol. The molecule has 0 fully saturated rings. The smallest absolute Gasteiger partial charge is 0.257 e. The lowest BCUT2D eigenvalue weighted by Crippen LogP contribution is -2.32. The Morgan fingerprint density at radius 1 is 1.44 bits per heavy atom. The van der Waals surface area contributed by atoms with Gasteiger partial charge in [0.15, 0.2) is 0 Å². The van der Waals surface area contributed by atoms with E-state index in [0.29, 0.717) is 6.54 Å². The highest BCUT2D eigenvalue weighted by Gasteiger charge is 2.33. The summed E-state index contributed by atoms with van der Waals surface area (Å²) in [5.41, 5.74) is 8.25. The fourth-order valence-corrected chi connectivity index (χ4v) is 1.82. The number of carbonyl (C=O) groups excluding carboxylic acids is 1. The van der Waals surface area contributed by atoms with E-state index in [4.69, 9.17) is 5.73 Å². The molecule has 1 aliphatic heterocycles. The van der Waals surface area contributed by atoms with Gasteiger partial charge in [-0.3, -0.25) is 4.79 Å². The van der Waals surface area contributed by atoms with Gasteiger partial charge in [-0.2, -0.15) is 5.10 Å². The second kappa shape index (κ2) is 4.06. The van der Waals surface area contributed by atoms with Crippen molar-refractivity contribution in [2.45, 2.75) is 13.8 Å². The molecule has 2 rings (SSSR count). The van der Waals surface area contributed by atoms with Crippen molar-refractivity contribution >= 4 is 17.3 Å². The molecule has 0 radical (unpaired) electrons. The molecule has 0 spiro atoms. The minimum Gasteiger partial charge on any atom is -0.329 e. The minimum absolute atomic E-state index is 0.0365. The Morgan fingerprint density at radius 3 is 2.75 bits per heavy atom. The van der Waals surface area contributed by atoms with Crippen LogP contribution in [0.1, 0.15) is 12.5 Å². The number of carbonyl (C=O) groups is 1. The van der Waals surface area contributed by atoms with Crippen LogP contribution in [0.15, 0.2) is 29.4 Å². The monoisotopic (exact) mass is 217 g/mol. The maximum atomic E-state index is 12.0. The van der Waals surface area contributed by atoms with E-state index in [-0.39, 0.29) is 11.8 Å². The van der Waals surface area contributed by atoms with Crippen molar-refractivity contribution in [2.24, 2.45) is 16.8 Å². The number of hydrogen-bond donors (Lipinski definition) is 1. The maximum absolute atomic E-state index is 12.0. The lowest BCUT2D eigenvalue weighted by Gasteiger charge is -2.13. The highest BCUT2D eigenvalue weighted by molar-refractivity contribution is 6.14.